The molecule has 0 spiro atoms. The molecule has 0 fully saturated rings. The third kappa shape index (κ3) is 8.06. The van der Waals surface area contributed by atoms with Crippen LogP contribution >= 0.6 is 0 Å². The predicted molar refractivity (Wildman–Crippen MR) is 161 cm³/mol. The third-order valence-corrected chi connectivity index (χ3v) is 5.33. The molecular formula is B28-2. The maximum Gasteiger partial charge on any atom is -0.0000000000903 e. The first-order valence-electron chi connectivity index (χ1n) is 9.00. The average molecular weight is 303 g/mol. The molecule has 0 saturated carbocycles. The second-order valence-corrected chi connectivity index (χ2v) is 7.51. The monoisotopic (exact) mass is 308 g/mol. The summed E-state index contributed by atoms with van der Waals surface area (Å²) in [6.07, 6.45) is -12.2. The van der Waals surface area contributed by atoms with Crippen molar-refractivity contribution >= 4 is 199 Å². The van der Waals surface area contributed by atoms with Gasteiger partial charge in [-0.25, -0.2) is 0 Å². The van der Waals surface area contributed by atoms with Crippen LogP contribution in [0.2, 0.25) is 0 Å². The van der Waals surface area contributed by atoms with Gasteiger partial charge in [0.1, 0.15) is 0 Å². The molecule has 0 heterocycles. The summed E-state index contributed by atoms with van der Waals surface area (Å²) in [5.74, 6) is 0. The first-order chi connectivity index (χ1) is 12.7. The van der Waals surface area contributed by atoms with Gasteiger partial charge in [-0.2, -0.15) is 0 Å². The zero-order valence-corrected chi connectivity index (χ0v) is 16.2. The molecule has 28 heavy (non-hydrogen) atoms. The zero-order valence-electron chi connectivity index (χ0n) is 16.2. The summed E-state index contributed by atoms with van der Waals surface area (Å²) >= 11 is 0. The molecule has 0 aliphatic heterocycles. The van der Waals surface area contributed by atoms with Gasteiger partial charge < -0.3 is 21.9 Å². The van der Waals surface area contributed by atoms with Gasteiger partial charge in [-0.15, -0.1) is 0 Å². The van der Waals surface area contributed by atoms with Crippen LogP contribution in [0.3, 0.4) is 0 Å². The van der Waals surface area contributed by atoms with Crippen LogP contribution in [0, 0.1) is 0 Å². The molecule has 0 bridgehead atoms. The Bertz CT molecular complexity index is 354. The van der Waals surface area contributed by atoms with Crippen molar-refractivity contribution < 1.29 is 0 Å². The van der Waals surface area contributed by atoms with E-state index < -0.39 is 83.0 Å². The van der Waals surface area contributed by atoms with Gasteiger partial charge in [0, 0.05) is 0 Å². The van der Waals surface area contributed by atoms with Gasteiger partial charge in [0.2, 0.25) is 0 Å². The Balaban J connectivity index is 6.81. The lowest BCUT2D eigenvalue weighted by Crippen LogP contribution is -2.87. The van der Waals surface area contributed by atoms with E-state index in [1.165, 1.54) is 0 Å². The highest BCUT2D eigenvalue weighted by Gasteiger charge is 2.49. The molecule has 0 saturated heterocycles. The summed E-state index contributed by atoms with van der Waals surface area (Å²) < 4.78 is 0. The Kier molecular flexibility index (Phi) is 14.3. The molecule has 0 atom stereocenters. The standard InChI is InChI=1S/B28/c1-16(2)23(15)27(24(17(3)4)18(5)6)28(25(19(7)8)20(9)10)26(21(11)12)22(13)14/q-2. The van der Waals surface area contributed by atoms with Crippen LogP contribution in [0.4, 0.5) is 0 Å². The molecule has 0 aromatic rings. The van der Waals surface area contributed by atoms with Gasteiger partial charge in [0.25, 0.3) is 0 Å². The second-order valence-electron chi connectivity index (χ2n) is 7.51. The highest BCUT2D eigenvalue weighted by molar-refractivity contribution is 8.26. The van der Waals surface area contributed by atoms with Crippen LogP contribution in [-0.4, -0.2) is 199 Å². The molecule has 0 aliphatic rings. The minimum atomic E-state index is -1.03. The lowest BCUT2D eigenvalue weighted by atomic mass is 8.32. The van der Waals surface area contributed by atoms with Gasteiger partial charge in [-0.3, -0.25) is 0 Å². The minimum absolute atomic E-state index is 0.807. The minimum Gasteiger partial charge on any atom is -0.729 e. The van der Waals surface area contributed by atoms with E-state index in [9.17, 15) is 0 Å². The highest BCUT2D eigenvalue weighted by Crippen LogP contribution is 2.12. The third-order valence-electron chi connectivity index (χ3n) is 5.33. The van der Waals surface area contributed by atoms with E-state index in [2.05, 4.69) is 0 Å². The van der Waals surface area contributed by atoms with Gasteiger partial charge in [0.15, 0.2) is 0 Å². The summed E-state index contributed by atoms with van der Waals surface area (Å²) in [4.78, 5) is 0. The van der Waals surface area contributed by atoms with Crippen molar-refractivity contribution in [2.75, 3.05) is 0 Å². The first-order valence-corrected chi connectivity index (χ1v) is 9.00. The van der Waals surface area contributed by atoms with Crippen molar-refractivity contribution in [2.45, 2.75) is 0 Å². The predicted octanol–water partition coefficient (Wildman–Crippen LogP) is -10.7. The Morgan fingerprint density at radius 2 is 0.536 bits per heavy atom. The molecule has 0 amide bonds. The van der Waals surface area contributed by atoms with E-state index in [4.69, 9.17) is 116 Å². The maximum absolute atomic E-state index is 6.32. The van der Waals surface area contributed by atoms with Gasteiger partial charge >= 0.3 is 0 Å². The van der Waals surface area contributed by atoms with Crippen LogP contribution in [0.1, 0.15) is 0 Å². The van der Waals surface area contributed by atoms with E-state index in [1.807, 2.05) is 0 Å². The number of hydrogen-bond acceptors (Lipinski definition) is 0. The Morgan fingerprint density at radius 3 is 0.714 bits per heavy atom. The molecule has 32 radical (unpaired) electrons. The Hall–Kier alpha value is 1.82. The molecule has 0 rings (SSSR count). The summed E-state index contributed by atoms with van der Waals surface area (Å²) in [6, 6.07) is 0. The lowest BCUT2D eigenvalue weighted by molar-refractivity contribution is 3.27. The van der Waals surface area contributed by atoms with Crippen LogP contribution in [0.15, 0.2) is 0 Å². The maximum atomic E-state index is 6.32. The average Bonchev–Trinajstić information content (AvgIpc) is 2.48. The Morgan fingerprint density at radius 1 is 0.321 bits per heavy atom. The van der Waals surface area contributed by atoms with Crippen molar-refractivity contribution in [1.82, 2.24) is 0 Å². The van der Waals surface area contributed by atoms with E-state index in [-0.39, 0.29) is 0 Å². The molecule has 0 unspecified atom stereocenters. The molecule has 0 aliphatic carbocycles. The summed E-state index contributed by atoms with van der Waals surface area (Å²) in [6.45, 7) is 0. The second kappa shape index (κ2) is 13.4. The fourth-order valence-electron chi connectivity index (χ4n) is 4.11. The van der Waals surface area contributed by atoms with E-state index in [1.54, 1.807) is 0 Å². The smallest absolute Gasteiger partial charge is 0.0000000000903 e. The fraction of sp³-hybridized carbons (Fsp3) is 0. The van der Waals surface area contributed by atoms with Gasteiger partial charge in [-0.1, -0.05) is 6.39 Å². The van der Waals surface area contributed by atoms with E-state index >= 15 is 0 Å². The van der Waals surface area contributed by atoms with Crippen LogP contribution in [0.5, 0.6) is 0 Å². The normalized spacial score (nSPS) is 9.50. The van der Waals surface area contributed by atoms with Crippen LogP contribution in [-0.2, 0) is 0 Å². The first kappa shape index (κ1) is 29.8. The summed E-state index contributed by atoms with van der Waals surface area (Å²) in [7, 11) is 89.6. The van der Waals surface area contributed by atoms with Crippen molar-refractivity contribution in [3.63, 3.8) is 0 Å². The zero-order chi connectivity index (χ0) is 22.5. The number of rotatable bonds is 12. The topological polar surface area (TPSA) is 0 Å². The van der Waals surface area contributed by atoms with Gasteiger partial charge in [0.05, 0.1) is 0 Å². The van der Waals surface area contributed by atoms with E-state index in [0.29, 0.717) is 0 Å². The quantitative estimate of drug-likeness (QED) is 0.314. The molecule has 0 aromatic heterocycles. The van der Waals surface area contributed by atoms with Crippen molar-refractivity contribution in [2.24, 2.45) is 0 Å². The lowest BCUT2D eigenvalue weighted by Gasteiger charge is -2.54. The van der Waals surface area contributed by atoms with Crippen molar-refractivity contribution in [3.05, 3.63) is 0 Å². The summed E-state index contributed by atoms with van der Waals surface area (Å²) in [5, 5.41) is 0. The fourth-order valence-corrected chi connectivity index (χ4v) is 4.11. The van der Waals surface area contributed by atoms with E-state index in [0.717, 1.165) is 0 Å². The Labute approximate surface area is 198 Å². The highest BCUT2D eigenvalue weighted by atomic mass is 13.3. The van der Waals surface area contributed by atoms with Crippen LogP contribution < -0.4 is 0 Å². The van der Waals surface area contributed by atoms with Crippen molar-refractivity contribution in [1.29, 1.82) is 0 Å². The number of hydrogen-bond donors (Lipinski definition) is 0. The molecule has 0 nitrogen and oxygen atoms in total. The van der Waals surface area contributed by atoms with Crippen molar-refractivity contribution in [3.8, 4) is 0 Å². The molecule has 28 heteroatoms. The van der Waals surface area contributed by atoms with Crippen LogP contribution in [0.25, 0.3) is 0 Å². The molecular weight excluding hydrogens is 303 g/mol. The molecule has 0 aromatic carbocycles. The largest absolute Gasteiger partial charge is 0.729 e. The molecule has 0 N–H and O–H groups in total. The summed E-state index contributed by atoms with van der Waals surface area (Å²) in [5.41, 5.74) is 0. The SMILES string of the molecule is [B]B([B])B(B([B])[B])B(B([B])B([B-])[B-])B(B(B([B])[B])B([B])[B])B(B([B])[B])B([B])[B]. The molecule has 86 valence electrons. The van der Waals surface area contributed by atoms with Gasteiger partial charge in [-0.05, 0) is 171 Å².